The summed E-state index contributed by atoms with van der Waals surface area (Å²) in [6.45, 7) is 3.46. The predicted octanol–water partition coefficient (Wildman–Crippen LogP) is 2.31. The third-order valence-corrected chi connectivity index (χ3v) is 5.09. The Kier molecular flexibility index (Phi) is 6.57. The van der Waals surface area contributed by atoms with Crippen molar-refractivity contribution in [3.8, 4) is 5.75 Å². The fourth-order valence-corrected chi connectivity index (χ4v) is 3.73. The van der Waals surface area contributed by atoms with Crippen molar-refractivity contribution in [2.24, 2.45) is 5.10 Å². The monoisotopic (exact) mass is 389 g/mol. The molecule has 1 atom stereocenters. The Labute approximate surface area is 159 Å². The van der Waals surface area contributed by atoms with Gasteiger partial charge in [-0.15, -0.1) is 0 Å². The van der Waals surface area contributed by atoms with Crippen molar-refractivity contribution in [3.63, 3.8) is 0 Å². The van der Waals surface area contributed by atoms with Crippen molar-refractivity contribution in [2.45, 2.75) is 19.9 Å². The maximum atomic E-state index is 12.4. The van der Waals surface area contributed by atoms with E-state index < -0.39 is 22.0 Å². The quantitative estimate of drug-likeness (QED) is 0.581. The molecule has 0 heterocycles. The molecular formula is C19H23N3O4S. The van der Waals surface area contributed by atoms with E-state index in [-0.39, 0.29) is 0 Å². The molecule has 144 valence electrons. The Balaban J connectivity index is 2.16. The van der Waals surface area contributed by atoms with Crippen LogP contribution in [0.25, 0.3) is 0 Å². The van der Waals surface area contributed by atoms with Crippen LogP contribution in [0.1, 0.15) is 18.1 Å². The number of anilines is 1. The SMILES string of the molecule is COc1ccc(N([C@H](C)C(=O)N/N=C\c2cccc(C)c2)S(C)(=O)=O)cc1. The van der Waals surface area contributed by atoms with Gasteiger partial charge >= 0.3 is 0 Å². The molecule has 0 saturated carbocycles. The predicted molar refractivity (Wildman–Crippen MR) is 107 cm³/mol. The lowest BCUT2D eigenvalue weighted by molar-refractivity contribution is -0.121. The average Bonchev–Trinajstić information content (AvgIpc) is 2.61. The largest absolute Gasteiger partial charge is 0.497 e. The molecule has 1 amide bonds. The number of hydrazone groups is 1. The van der Waals surface area contributed by atoms with E-state index in [4.69, 9.17) is 4.74 Å². The molecule has 27 heavy (non-hydrogen) atoms. The highest BCUT2D eigenvalue weighted by molar-refractivity contribution is 7.92. The highest BCUT2D eigenvalue weighted by Gasteiger charge is 2.29. The molecule has 0 aliphatic rings. The number of benzene rings is 2. The Morgan fingerprint density at radius 1 is 1.22 bits per heavy atom. The number of amides is 1. The van der Waals surface area contributed by atoms with Gasteiger partial charge in [-0.2, -0.15) is 5.10 Å². The summed E-state index contributed by atoms with van der Waals surface area (Å²) >= 11 is 0. The van der Waals surface area contributed by atoms with E-state index in [1.165, 1.54) is 20.2 Å². The fraction of sp³-hybridized carbons (Fsp3) is 0.263. The van der Waals surface area contributed by atoms with Crippen molar-refractivity contribution in [3.05, 3.63) is 59.7 Å². The molecule has 2 aromatic carbocycles. The molecular weight excluding hydrogens is 366 g/mol. The highest BCUT2D eigenvalue weighted by atomic mass is 32.2. The van der Waals surface area contributed by atoms with Crippen LogP contribution < -0.4 is 14.5 Å². The van der Waals surface area contributed by atoms with Crippen LogP contribution in [0, 0.1) is 6.92 Å². The summed E-state index contributed by atoms with van der Waals surface area (Å²) in [5.41, 5.74) is 4.66. The van der Waals surface area contributed by atoms with Gasteiger partial charge in [-0.25, -0.2) is 13.8 Å². The van der Waals surface area contributed by atoms with Gasteiger partial charge in [0.1, 0.15) is 11.8 Å². The van der Waals surface area contributed by atoms with E-state index in [9.17, 15) is 13.2 Å². The first-order valence-corrected chi connectivity index (χ1v) is 10.1. The second-order valence-corrected chi connectivity index (χ2v) is 7.94. The van der Waals surface area contributed by atoms with E-state index in [1.807, 2.05) is 31.2 Å². The molecule has 0 radical (unpaired) electrons. The molecule has 2 rings (SSSR count). The molecule has 2 aromatic rings. The van der Waals surface area contributed by atoms with Crippen LogP contribution >= 0.6 is 0 Å². The lowest BCUT2D eigenvalue weighted by Crippen LogP contribution is -2.46. The normalized spacial score (nSPS) is 12.6. The van der Waals surface area contributed by atoms with Gasteiger partial charge < -0.3 is 4.74 Å². The zero-order chi connectivity index (χ0) is 20.0. The lowest BCUT2D eigenvalue weighted by Gasteiger charge is -2.27. The number of rotatable bonds is 7. The Morgan fingerprint density at radius 3 is 2.44 bits per heavy atom. The lowest BCUT2D eigenvalue weighted by atomic mass is 10.2. The number of methoxy groups -OCH3 is 1. The van der Waals surface area contributed by atoms with Gasteiger partial charge in [-0.05, 0) is 43.7 Å². The summed E-state index contributed by atoms with van der Waals surface area (Å²) in [5.74, 6) is 0.0483. The van der Waals surface area contributed by atoms with Crippen molar-refractivity contribution in [1.82, 2.24) is 5.43 Å². The average molecular weight is 389 g/mol. The summed E-state index contributed by atoms with van der Waals surface area (Å²) in [4.78, 5) is 12.4. The molecule has 7 nitrogen and oxygen atoms in total. The van der Waals surface area contributed by atoms with Crippen molar-refractivity contribution < 1.29 is 17.9 Å². The third kappa shape index (κ3) is 5.55. The van der Waals surface area contributed by atoms with Gasteiger partial charge in [0.2, 0.25) is 10.0 Å². The van der Waals surface area contributed by atoms with Crippen LogP contribution in [-0.4, -0.2) is 39.9 Å². The minimum Gasteiger partial charge on any atom is -0.497 e. The van der Waals surface area contributed by atoms with Gasteiger partial charge in [0.25, 0.3) is 5.91 Å². The molecule has 0 saturated heterocycles. The van der Waals surface area contributed by atoms with E-state index in [2.05, 4.69) is 10.5 Å². The number of hydrogen-bond donors (Lipinski definition) is 1. The number of carbonyl (C=O) groups is 1. The number of ether oxygens (including phenoxy) is 1. The maximum absolute atomic E-state index is 12.4. The summed E-state index contributed by atoms with van der Waals surface area (Å²) in [7, 11) is -2.17. The third-order valence-electron chi connectivity index (χ3n) is 3.85. The minimum absolute atomic E-state index is 0.364. The van der Waals surface area contributed by atoms with Crippen LogP contribution in [0.5, 0.6) is 5.75 Å². The standard InChI is InChI=1S/C19H23N3O4S/c1-14-6-5-7-16(12-14)13-20-21-19(23)15(2)22(27(4,24)25)17-8-10-18(26-3)11-9-17/h5-13,15H,1-4H3,(H,21,23)/b20-13-/t15-/m1/s1. The van der Waals surface area contributed by atoms with Gasteiger partial charge in [-0.3, -0.25) is 9.10 Å². The van der Waals surface area contributed by atoms with Crippen LogP contribution in [0.4, 0.5) is 5.69 Å². The molecule has 0 bridgehead atoms. The molecule has 1 N–H and O–H groups in total. The first-order valence-electron chi connectivity index (χ1n) is 8.25. The molecule has 0 fully saturated rings. The zero-order valence-electron chi connectivity index (χ0n) is 15.7. The number of sulfonamides is 1. The van der Waals surface area contributed by atoms with Crippen molar-refractivity contribution in [2.75, 3.05) is 17.7 Å². The number of aryl methyl sites for hydroxylation is 1. The summed E-state index contributed by atoms with van der Waals surface area (Å²) in [6, 6.07) is 13.1. The molecule has 8 heteroatoms. The Morgan fingerprint density at radius 2 is 1.89 bits per heavy atom. The number of carbonyl (C=O) groups excluding carboxylic acids is 1. The van der Waals surface area contributed by atoms with E-state index in [0.29, 0.717) is 11.4 Å². The van der Waals surface area contributed by atoms with E-state index in [0.717, 1.165) is 21.7 Å². The van der Waals surface area contributed by atoms with Gasteiger partial charge in [0.05, 0.1) is 25.3 Å². The van der Waals surface area contributed by atoms with E-state index in [1.54, 1.807) is 24.3 Å². The molecule has 0 aliphatic carbocycles. The molecule has 0 unspecified atom stereocenters. The Hall–Kier alpha value is -2.87. The van der Waals surface area contributed by atoms with Crippen molar-refractivity contribution in [1.29, 1.82) is 0 Å². The van der Waals surface area contributed by atoms with Crippen LogP contribution in [0.3, 0.4) is 0 Å². The van der Waals surface area contributed by atoms with Crippen LogP contribution in [0.2, 0.25) is 0 Å². The molecule has 0 aliphatic heterocycles. The van der Waals surface area contributed by atoms with E-state index >= 15 is 0 Å². The summed E-state index contributed by atoms with van der Waals surface area (Å²) in [6.07, 6.45) is 2.56. The maximum Gasteiger partial charge on any atom is 0.263 e. The van der Waals surface area contributed by atoms with Crippen LogP contribution in [-0.2, 0) is 14.8 Å². The second-order valence-electron chi connectivity index (χ2n) is 6.08. The zero-order valence-corrected chi connectivity index (χ0v) is 16.5. The molecule has 0 aromatic heterocycles. The second kappa shape index (κ2) is 8.68. The highest BCUT2D eigenvalue weighted by Crippen LogP contribution is 2.23. The smallest absolute Gasteiger partial charge is 0.263 e. The van der Waals surface area contributed by atoms with Crippen molar-refractivity contribution >= 4 is 27.8 Å². The fourth-order valence-electron chi connectivity index (χ4n) is 2.55. The number of nitrogens with zero attached hydrogens (tertiary/aromatic N) is 2. The first kappa shape index (κ1) is 20.4. The topological polar surface area (TPSA) is 88.1 Å². The minimum atomic E-state index is -3.68. The summed E-state index contributed by atoms with van der Waals surface area (Å²) in [5, 5.41) is 3.92. The number of nitrogens with one attached hydrogen (secondary N) is 1. The first-order chi connectivity index (χ1) is 12.7. The van der Waals surface area contributed by atoms with Gasteiger partial charge in [0, 0.05) is 0 Å². The van der Waals surface area contributed by atoms with Gasteiger partial charge in [-0.1, -0.05) is 29.8 Å². The molecule has 0 spiro atoms. The number of hydrogen-bond acceptors (Lipinski definition) is 5. The Bertz CT molecular complexity index is 924. The van der Waals surface area contributed by atoms with Gasteiger partial charge in [0.15, 0.2) is 0 Å². The van der Waals surface area contributed by atoms with Crippen LogP contribution in [0.15, 0.2) is 53.6 Å². The summed E-state index contributed by atoms with van der Waals surface area (Å²) < 4.78 is 30.6.